The van der Waals surface area contributed by atoms with E-state index in [2.05, 4.69) is 83.2 Å². The summed E-state index contributed by atoms with van der Waals surface area (Å²) in [7, 11) is 0. The molecule has 1 fully saturated rings. The Hall–Kier alpha value is -3.56. The quantitative estimate of drug-likeness (QED) is 0.276. The maximum Gasteiger partial charge on any atom is 0.156 e. The zero-order valence-electron chi connectivity index (χ0n) is 28.0. The van der Waals surface area contributed by atoms with E-state index >= 15 is 0 Å². The maximum atomic E-state index is 12.0. The molecule has 1 atom stereocenters. The van der Waals surface area contributed by atoms with Gasteiger partial charge in [-0.25, -0.2) is 0 Å². The summed E-state index contributed by atoms with van der Waals surface area (Å²) in [5.74, 6) is 0.316. The first-order valence-corrected chi connectivity index (χ1v) is 15.2. The Morgan fingerprint density at radius 1 is 0.651 bits per heavy atom. The third kappa shape index (κ3) is 11.6. The van der Waals surface area contributed by atoms with Crippen LogP contribution in [0.1, 0.15) is 88.5 Å². The van der Waals surface area contributed by atoms with Gasteiger partial charge in [-0.1, -0.05) is 135 Å². The number of allylic oxidation sites excluding steroid dienone is 21. The smallest absolute Gasteiger partial charge is 0.156 e. The van der Waals surface area contributed by atoms with Crippen molar-refractivity contribution in [1.82, 2.24) is 0 Å². The predicted molar refractivity (Wildman–Crippen MR) is 184 cm³/mol. The summed E-state index contributed by atoms with van der Waals surface area (Å²) in [5, 5.41) is 10.8. The SMILES string of the molecule is CC1=CC(=O)CC(C)(C)/C1=C/C=C(C)/C=C/C=C(C)/C=C/C=C/C(C)=C/C=C/C(C)=C/C=C1\C(C)(C)CC(=O)CC1(C)O. The molecule has 3 nitrogen and oxygen atoms in total. The van der Waals surface area contributed by atoms with Gasteiger partial charge in [0.05, 0.1) is 5.60 Å². The fraction of sp³-hybridized carbons (Fsp3) is 0.400. The second-order valence-electron chi connectivity index (χ2n) is 13.6. The van der Waals surface area contributed by atoms with E-state index in [0.717, 1.165) is 33.4 Å². The number of carbonyl (C=O) groups excluding carboxylic acids is 2. The lowest BCUT2D eigenvalue weighted by Crippen LogP contribution is -2.43. The molecule has 2 rings (SSSR count). The van der Waals surface area contributed by atoms with Gasteiger partial charge in [0.25, 0.3) is 0 Å². The largest absolute Gasteiger partial charge is 0.385 e. The van der Waals surface area contributed by atoms with Gasteiger partial charge in [0.1, 0.15) is 5.78 Å². The molecule has 0 bridgehead atoms. The van der Waals surface area contributed by atoms with Crippen molar-refractivity contribution < 1.29 is 14.7 Å². The van der Waals surface area contributed by atoms with Crippen LogP contribution < -0.4 is 0 Å². The second-order valence-corrected chi connectivity index (χ2v) is 13.6. The highest BCUT2D eigenvalue weighted by Gasteiger charge is 2.43. The summed E-state index contributed by atoms with van der Waals surface area (Å²) in [6, 6.07) is 0. The molecule has 0 aromatic heterocycles. The first-order chi connectivity index (χ1) is 19.9. The van der Waals surface area contributed by atoms with E-state index < -0.39 is 5.60 Å². The van der Waals surface area contributed by atoms with Crippen molar-refractivity contribution in [2.75, 3.05) is 0 Å². The average Bonchev–Trinajstić information content (AvgIpc) is 2.83. The van der Waals surface area contributed by atoms with Crippen molar-refractivity contribution >= 4 is 11.6 Å². The highest BCUT2D eigenvalue weighted by atomic mass is 16.3. The van der Waals surface area contributed by atoms with Gasteiger partial charge in [0, 0.05) is 19.3 Å². The van der Waals surface area contributed by atoms with Gasteiger partial charge in [-0.2, -0.15) is 0 Å². The number of carbonyl (C=O) groups is 2. The van der Waals surface area contributed by atoms with E-state index in [4.69, 9.17) is 0 Å². The summed E-state index contributed by atoms with van der Waals surface area (Å²) < 4.78 is 0. The first kappa shape index (κ1) is 35.6. The van der Waals surface area contributed by atoms with E-state index in [1.165, 1.54) is 5.57 Å². The van der Waals surface area contributed by atoms with Crippen LogP contribution in [0.15, 0.2) is 130 Å². The highest BCUT2D eigenvalue weighted by Crippen LogP contribution is 2.44. The van der Waals surface area contributed by atoms with Crippen molar-refractivity contribution in [3.8, 4) is 0 Å². The van der Waals surface area contributed by atoms with Crippen LogP contribution in [-0.4, -0.2) is 22.3 Å². The summed E-state index contributed by atoms with van der Waals surface area (Å²) in [4.78, 5) is 23.9. The molecule has 0 amide bonds. The molecule has 1 saturated carbocycles. The summed E-state index contributed by atoms with van der Waals surface area (Å²) in [5.41, 5.74) is 6.11. The Kier molecular flexibility index (Phi) is 12.6. The van der Waals surface area contributed by atoms with Crippen LogP contribution in [0.3, 0.4) is 0 Å². The molecule has 3 heteroatoms. The van der Waals surface area contributed by atoms with Crippen LogP contribution in [0.2, 0.25) is 0 Å². The van der Waals surface area contributed by atoms with Crippen molar-refractivity contribution in [3.63, 3.8) is 0 Å². The molecule has 230 valence electrons. The number of hydrogen-bond acceptors (Lipinski definition) is 3. The van der Waals surface area contributed by atoms with Crippen molar-refractivity contribution in [1.29, 1.82) is 0 Å². The van der Waals surface area contributed by atoms with Crippen LogP contribution in [0, 0.1) is 10.8 Å². The molecule has 0 aromatic rings. The third-order valence-electron chi connectivity index (χ3n) is 7.93. The van der Waals surface area contributed by atoms with Crippen LogP contribution in [0.5, 0.6) is 0 Å². The standard InChI is InChI=1S/C40H52O3/c1-29(17-13-19-31(3)21-23-36-33(5)25-34(41)26-38(36,6)7)15-11-12-16-30(2)18-14-20-32(4)22-24-37-39(8,9)27-35(42)28-40(37,10)43/h11-25,43H,26-28H2,1-10H3/b15-11+,16-12+,19-13+,20-14+,29-17+,30-18+,31-21+,32-22+,36-23+,37-24+. The predicted octanol–water partition coefficient (Wildman–Crippen LogP) is 9.93. The minimum Gasteiger partial charge on any atom is -0.385 e. The first-order valence-electron chi connectivity index (χ1n) is 15.2. The third-order valence-corrected chi connectivity index (χ3v) is 7.93. The van der Waals surface area contributed by atoms with Crippen LogP contribution in [-0.2, 0) is 9.59 Å². The van der Waals surface area contributed by atoms with Gasteiger partial charge in [-0.3, -0.25) is 9.59 Å². The topological polar surface area (TPSA) is 54.4 Å². The van der Waals surface area contributed by atoms with Crippen molar-refractivity contribution in [2.24, 2.45) is 10.8 Å². The molecular formula is C40H52O3. The van der Waals surface area contributed by atoms with Gasteiger partial charge >= 0.3 is 0 Å². The molecule has 0 aliphatic heterocycles. The normalized spacial score (nSPS) is 26.3. The van der Waals surface area contributed by atoms with Crippen LogP contribution in [0.4, 0.5) is 0 Å². The molecule has 2 aliphatic rings. The molecule has 0 spiro atoms. The Balaban J connectivity index is 1.94. The Morgan fingerprint density at radius 2 is 1.12 bits per heavy atom. The van der Waals surface area contributed by atoms with E-state index in [1.54, 1.807) is 13.0 Å². The molecule has 1 N–H and O–H groups in total. The lowest BCUT2D eigenvalue weighted by molar-refractivity contribution is -0.127. The van der Waals surface area contributed by atoms with E-state index in [-0.39, 0.29) is 28.8 Å². The highest BCUT2D eigenvalue weighted by molar-refractivity contribution is 5.93. The molecular weight excluding hydrogens is 528 g/mol. The zero-order valence-corrected chi connectivity index (χ0v) is 28.0. The van der Waals surface area contributed by atoms with E-state index in [1.807, 2.05) is 64.2 Å². The Morgan fingerprint density at radius 3 is 1.60 bits per heavy atom. The molecule has 0 heterocycles. The average molecular weight is 581 g/mol. The van der Waals surface area contributed by atoms with E-state index in [9.17, 15) is 14.7 Å². The lowest BCUT2D eigenvalue weighted by Gasteiger charge is -2.41. The number of hydrogen-bond donors (Lipinski definition) is 1. The number of ketones is 2. The van der Waals surface area contributed by atoms with Gasteiger partial charge in [0.2, 0.25) is 0 Å². The molecule has 1 unspecified atom stereocenters. The molecule has 0 saturated heterocycles. The number of aliphatic hydroxyl groups is 1. The monoisotopic (exact) mass is 580 g/mol. The Bertz CT molecular complexity index is 1390. The lowest BCUT2D eigenvalue weighted by atomic mass is 9.65. The van der Waals surface area contributed by atoms with Crippen molar-refractivity contribution in [3.05, 3.63) is 130 Å². The summed E-state index contributed by atoms with van der Waals surface area (Å²) in [6.07, 6.45) is 31.8. The fourth-order valence-electron chi connectivity index (χ4n) is 5.83. The fourth-order valence-corrected chi connectivity index (χ4v) is 5.83. The van der Waals surface area contributed by atoms with E-state index in [0.29, 0.717) is 12.8 Å². The molecule has 2 aliphatic carbocycles. The van der Waals surface area contributed by atoms with Gasteiger partial charge in [-0.05, 0) is 75.2 Å². The van der Waals surface area contributed by atoms with Crippen molar-refractivity contribution in [2.45, 2.75) is 94.1 Å². The molecule has 0 radical (unpaired) electrons. The van der Waals surface area contributed by atoms with Crippen LogP contribution in [0.25, 0.3) is 0 Å². The summed E-state index contributed by atoms with van der Waals surface area (Å²) in [6.45, 7) is 20.3. The number of rotatable bonds is 9. The zero-order chi connectivity index (χ0) is 32.4. The second kappa shape index (κ2) is 15.3. The molecule has 0 aromatic carbocycles. The minimum atomic E-state index is -1.10. The summed E-state index contributed by atoms with van der Waals surface area (Å²) >= 11 is 0. The van der Waals surface area contributed by atoms with Gasteiger partial charge < -0.3 is 5.11 Å². The molecule has 43 heavy (non-hydrogen) atoms. The van der Waals surface area contributed by atoms with Gasteiger partial charge in [-0.15, -0.1) is 0 Å². The number of Topliss-reactive ketones (excluding diaryl/α,β-unsaturated/α-hetero) is 1. The maximum absolute atomic E-state index is 12.0. The van der Waals surface area contributed by atoms with Crippen LogP contribution >= 0.6 is 0 Å². The minimum absolute atomic E-state index is 0.111. The van der Waals surface area contributed by atoms with Gasteiger partial charge in [0.15, 0.2) is 5.78 Å². The Labute approximate surface area is 260 Å².